The Morgan fingerprint density at radius 3 is 2.48 bits per heavy atom. The molecule has 11 heteroatoms. The van der Waals surface area contributed by atoms with Crippen LogP contribution < -0.4 is 16.2 Å². The van der Waals surface area contributed by atoms with Crippen LogP contribution in [0, 0.1) is 5.92 Å². The molecule has 8 nitrogen and oxygen atoms in total. The molecule has 1 saturated heterocycles. The number of nitrogens with zero attached hydrogens (tertiary/aromatic N) is 3. The summed E-state index contributed by atoms with van der Waals surface area (Å²) in [5.74, 6) is -2.98. The minimum Gasteiger partial charge on any atom is -0.326 e. The van der Waals surface area contributed by atoms with Crippen molar-refractivity contribution in [1.82, 2.24) is 19.8 Å². The summed E-state index contributed by atoms with van der Waals surface area (Å²) in [5, 5.41) is 6.55. The van der Waals surface area contributed by atoms with Gasteiger partial charge in [0, 0.05) is 41.0 Å². The van der Waals surface area contributed by atoms with E-state index in [1.165, 1.54) is 6.07 Å². The molecule has 0 radical (unpaired) electrons. The fraction of sp³-hybridized carbons (Fsp3) is 0.455. The molecule has 2 aromatic heterocycles. The molecule has 3 aromatic rings. The molecule has 1 aliphatic heterocycles. The molecule has 3 fully saturated rings. The van der Waals surface area contributed by atoms with Crippen LogP contribution in [-0.2, 0) is 6.54 Å². The molecule has 2 saturated carbocycles. The second-order valence-electron chi connectivity index (χ2n) is 12.7. The molecule has 2 N–H and O–H groups in total. The molecule has 0 spiro atoms. The van der Waals surface area contributed by atoms with E-state index >= 15 is 0 Å². The van der Waals surface area contributed by atoms with Gasteiger partial charge in [-0.2, -0.15) is 0 Å². The second-order valence-corrected chi connectivity index (χ2v) is 13.1. The van der Waals surface area contributed by atoms with Gasteiger partial charge in [0.1, 0.15) is 11.4 Å². The van der Waals surface area contributed by atoms with Crippen molar-refractivity contribution in [1.29, 1.82) is 0 Å². The standard InChI is InChI=1S/C33H36ClF2N5O3/c1-19(2)9-10-37-15-20-11-27(32(44)41(16-20)24-6-7-24)30(42)39-29-13-22(12-28(38-29)21-3-4-21)25-8-5-23(34)14-26(25)31(43)40-17-33(35,36)18-40/h5,8,11-14,16,19,21,24,37H,3-4,6-7,9-10,15,17-18H2,1-2H3,(H,38,39,42). The van der Waals surface area contributed by atoms with Crippen molar-refractivity contribution in [3.8, 4) is 11.1 Å². The molecular weight excluding hydrogens is 588 g/mol. The number of likely N-dealkylation sites (tertiary alicyclic amines) is 1. The lowest BCUT2D eigenvalue weighted by Crippen LogP contribution is -2.58. The quantitative estimate of drug-likeness (QED) is 0.246. The minimum absolute atomic E-state index is 0.0429. The number of aromatic nitrogens is 2. The highest BCUT2D eigenvalue weighted by molar-refractivity contribution is 6.31. The number of anilines is 1. The number of nitrogens with one attached hydrogen (secondary N) is 2. The van der Waals surface area contributed by atoms with Gasteiger partial charge in [-0.25, -0.2) is 13.8 Å². The first kappa shape index (κ1) is 30.4. The van der Waals surface area contributed by atoms with Crippen molar-refractivity contribution >= 4 is 29.2 Å². The van der Waals surface area contributed by atoms with Crippen molar-refractivity contribution < 1.29 is 18.4 Å². The van der Waals surface area contributed by atoms with Gasteiger partial charge in [0.2, 0.25) is 0 Å². The summed E-state index contributed by atoms with van der Waals surface area (Å²) >= 11 is 6.23. The smallest absolute Gasteiger partial charge is 0.282 e. The van der Waals surface area contributed by atoms with Crippen LogP contribution in [0.3, 0.4) is 0 Å². The van der Waals surface area contributed by atoms with E-state index in [-0.39, 0.29) is 34.5 Å². The normalized spacial score (nSPS) is 17.5. The van der Waals surface area contributed by atoms with Crippen molar-refractivity contribution in [2.45, 2.75) is 70.4 Å². The monoisotopic (exact) mass is 623 g/mol. The number of carbonyl (C=O) groups is 2. The van der Waals surface area contributed by atoms with Gasteiger partial charge in [-0.3, -0.25) is 14.4 Å². The summed E-state index contributed by atoms with van der Waals surface area (Å²) in [4.78, 5) is 46.0. The lowest BCUT2D eigenvalue weighted by Gasteiger charge is -2.39. The van der Waals surface area contributed by atoms with Gasteiger partial charge >= 0.3 is 0 Å². The molecule has 2 aliphatic carbocycles. The van der Waals surface area contributed by atoms with Gasteiger partial charge in [-0.1, -0.05) is 31.5 Å². The number of hydrogen-bond donors (Lipinski definition) is 2. The molecule has 0 bridgehead atoms. The number of alkyl halides is 2. The summed E-state index contributed by atoms with van der Waals surface area (Å²) in [6.45, 7) is 4.40. The van der Waals surface area contributed by atoms with Crippen LogP contribution in [-0.4, -0.2) is 51.8 Å². The van der Waals surface area contributed by atoms with Crippen LogP contribution in [0.25, 0.3) is 11.1 Å². The van der Waals surface area contributed by atoms with E-state index in [0.717, 1.165) is 54.8 Å². The van der Waals surface area contributed by atoms with Crippen LogP contribution in [0.15, 0.2) is 47.4 Å². The number of hydrogen-bond acceptors (Lipinski definition) is 5. The zero-order valence-electron chi connectivity index (χ0n) is 24.8. The molecule has 3 aliphatic rings. The number of rotatable bonds is 11. The molecule has 232 valence electrons. The summed E-state index contributed by atoms with van der Waals surface area (Å²) < 4.78 is 28.8. The van der Waals surface area contributed by atoms with Crippen molar-refractivity contribution in [3.05, 3.63) is 80.4 Å². The molecule has 3 heterocycles. The maximum atomic E-state index is 13.6. The predicted molar refractivity (Wildman–Crippen MR) is 166 cm³/mol. The third-order valence-corrected chi connectivity index (χ3v) is 8.48. The van der Waals surface area contributed by atoms with Crippen LogP contribution in [0.1, 0.15) is 89.9 Å². The zero-order valence-corrected chi connectivity index (χ0v) is 25.6. The molecule has 6 rings (SSSR count). The molecule has 44 heavy (non-hydrogen) atoms. The van der Waals surface area contributed by atoms with Crippen LogP contribution >= 0.6 is 11.6 Å². The van der Waals surface area contributed by atoms with Gasteiger partial charge in [0.05, 0.1) is 13.1 Å². The molecule has 0 unspecified atom stereocenters. The Bertz CT molecular complexity index is 1660. The fourth-order valence-corrected chi connectivity index (χ4v) is 5.65. The first-order chi connectivity index (χ1) is 21.0. The van der Waals surface area contributed by atoms with Crippen LogP contribution in [0.2, 0.25) is 5.02 Å². The predicted octanol–water partition coefficient (Wildman–Crippen LogP) is 6.26. The van der Waals surface area contributed by atoms with Crippen molar-refractivity contribution in [3.63, 3.8) is 0 Å². The highest BCUT2D eigenvalue weighted by atomic mass is 35.5. The van der Waals surface area contributed by atoms with E-state index in [1.807, 2.05) is 12.3 Å². The number of amides is 2. The third kappa shape index (κ3) is 6.86. The number of carbonyl (C=O) groups excluding carboxylic acids is 2. The Morgan fingerprint density at radius 1 is 1.07 bits per heavy atom. The minimum atomic E-state index is -2.90. The number of benzene rings is 1. The second kappa shape index (κ2) is 12.0. The van der Waals surface area contributed by atoms with E-state index in [2.05, 4.69) is 29.5 Å². The number of pyridine rings is 2. The molecular formula is C33H36ClF2N5O3. The van der Waals surface area contributed by atoms with Crippen LogP contribution in [0.5, 0.6) is 0 Å². The van der Waals surface area contributed by atoms with E-state index in [4.69, 9.17) is 11.6 Å². The van der Waals surface area contributed by atoms with Gasteiger partial charge in [0.25, 0.3) is 23.3 Å². The Kier molecular flexibility index (Phi) is 8.32. The van der Waals surface area contributed by atoms with Crippen molar-refractivity contribution in [2.24, 2.45) is 5.92 Å². The van der Waals surface area contributed by atoms with Crippen LogP contribution in [0.4, 0.5) is 14.6 Å². The zero-order chi connectivity index (χ0) is 31.2. The Labute approximate surface area is 259 Å². The lowest BCUT2D eigenvalue weighted by atomic mass is 9.96. The maximum absolute atomic E-state index is 13.6. The largest absolute Gasteiger partial charge is 0.326 e. The first-order valence-electron chi connectivity index (χ1n) is 15.2. The highest BCUT2D eigenvalue weighted by Gasteiger charge is 2.46. The van der Waals surface area contributed by atoms with Gasteiger partial charge in [-0.05, 0) is 91.6 Å². The molecule has 2 amide bonds. The Hall–Kier alpha value is -3.63. The topological polar surface area (TPSA) is 96.3 Å². The van der Waals surface area contributed by atoms with Gasteiger partial charge < -0.3 is 20.1 Å². The highest BCUT2D eigenvalue weighted by Crippen LogP contribution is 2.42. The summed E-state index contributed by atoms with van der Waals surface area (Å²) in [6, 6.07) is 10.0. The Morgan fingerprint density at radius 2 is 1.82 bits per heavy atom. The average Bonchev–Trinajstić information content (AvgIpc) is 3.87. The third-order valence-electron chi connectivity index (χ3n) is 8.25. The van der Waals surface area contributed by atoms with Gasteiger partial charge in [0.15, 0.2) is 0 Å². The summed E-state index contributed by atoms with van der Waals surface area (Å²) in [6.07, 6.45) is 6.55. The summed E-state index contributed by atoms with van der Waals surface area (Å²) in [7, 11) is 0. The Balaban J connectivity index is 1.30. The summed E-state index contributed by atoms with van der Waals surface area (Å²) in [5.41, 5.74) is 2.60. The van der Waals surface area contributed by atoms with E-state index < -0.39 is 30.8 Å². The fourth-order valence-electron chi connectivity index (χ4n) is 5.48. The van der Waals surface area contributed by atoms with E-state index in [1.54, 1.807) is 28.8 Å². The molecule has 1 aromatic carbocycles. The van der Waals surface area contributed by atoms with E-state index in [9.17, 15) is 23.2 Å². The molecule has 0 atom stereocenters. The van der Waals surface area contributed by atoms with Gasteiger partial charge in [-0.15, -0.1) is 0 Å². The number of halogens is 3. The van der Waals surface area contributed by atoms with Crippen molar-refractivity contribution in [2.75, 3.05) is 25.0 Å². The maximum Gasteiger partial charge on any atom is 0.282 e. The first-order valence-corrected chi connectivity index (χ1v) is 15.6. The van der Waals surface area contributed by atoms with E-state index in [0.29, 0.717) is 28.6 Å². The lowest BCUT2D eigenvalue weighted by molar-refractivity contribution is -0.113. The average molecular weight is 624 g/mol. The SMILES string of the molecule is CC(C)CCNCc1cc(C(=O)Nc2cc(-c3ccc(Cl)cc3C(=O)N3CC(F)(F)C3)cc(C3CC3)n2)c(=O)n(C2CC2)c1.